The van der Waals surface area contributed by atoms with Gasteiger partial charge >= 0.3 is 0 Å². The topological polar surface area (TPSA) is 20.3 Å². The highest BCUT2D eigenvalue weighted by atomic mass is 16.2. The van der Waals surface area contributed by atoms with Gasteiger partial charge in [-0.2, -0.15) is 0 Å². The largest absolute Gasteiger partial charge is 0.314 e. The molecule has 0 N–H and O–H groups in total. The van der Waals surface area contributed by atoms with Crippen molar-refractivity contribution in [3.8, 4) is 0 Å². The minimum Gasteiger partial charge on any atom is -0.314 e. The summed E-state index contributed by atoms with van der Waals surface area (Å²) in [5.41, 5.74) is -0.0666. The molecule has 2 nitrogen and oxygen atoms in total. The van der Waals surface area contributed by atoms with Gasteiger partial charge in [-0.15, -0.1) is 0 Å². The summed E-state index contributed by atoms with van der Waals surface area (Å²) >= 11 is 0. The van der Waals surface area contributed by atoms with E-state index >= 15 is 0 Å². The lowest BCUT2D eigenvalue weighted by Gasteiger charge is -2.41. The summed E-state index contributed by atoms with van der Waals surface area (Å²) in [4.78, 5) is 14.2. The van der Waals surface area contributed by atoms with E-state index < -0.39 is 0 Å². The molecule has 1 heterocycles. The zero-order chi connectivity index (χ0) is 11.9. The number of rotatable bonds is 0. The lowest BCUT2D eigenvalue weighted by atomic mass is 9.76. The van der Waals surface area contributed by atoms with Crippen molar-refractivity contribution in [3.05, 3.63) is 12.3 Å². The first-order valence-corrected chi connectivity index (χ1v) is 5.64. The molecule has 1 amide bonds. The van der Waals surface area contributed by atoms with E-state index in [4.69, 9.17) is 0 Å². The third-order valence-electron chi connectivity index (χ3n) is 2.93. The number of amides is 1. The van der Waals surface area contributed by atoms with Crippen LogP contribution in [-0.4, -0.2) is 16.3 Å². The van der Waals surface area contributed by atoms with Gasteiger partial charge in [0.15, 0.2) is 0 Å². The van der Waals surface area contributed by atoms with Crippen LogP contribution in [0.1, 0.15) is 48.0 Å². The lowest BCUT2D eigenvalue weighted by Crippen LogP contribution is -2.49. The average molecular weight is 209 g/mol. The Bertz CT molecular complexity index is 278. The van der Waals surface area contributed by atoms with Gasteiger partial charge in [-0.05, 0) is 32.6 Å². The summed E-state index contributed by atoms with van der Waals surface area (Å²) in [7, 11) is 0. The molecule has 1 aliphatic rings. The fourth-order valence-electron chi connectivity index (χ4n) is 1.92. The number of nitrogens with zero attached hydrogens (tertiary/aromatic N) is 1. The van der Waals surface area contributed by atoms with Gasteiger partial charge in [-0.3, -0.25) is 4.79 Å². The van der Waals surface area contributed by atoms with Crippen molar-refractivity contribution in [2.24, 2.45) is 11.3 Å². The SMILES string of the molecule is CC(C)(C)C1CC=CN(C(C)(C)C)C1=O. The monoisotopic (exact) mass is 209 g/mol. The summed E-state index contributed by atoms with van der Waals surface area (Å²) in [5.74, 6) is 0.374. The number of hydrogen-bond acceptors (Lipinski definition) is 1. The summed E-state index contributed by atoms with van der Waals surface area (Å²) < 4.78 is 0. The summed E-state index contributed by atoms with van der Waals surface area (Å²) in [5, 5.41) is 0. The van der Waals surface area contributed by atoms with Crippen LogP contribution in [0.25, 0.3) is 0 Å². The molecule has 0 aromatic heterocycles. The Labute approximate surface area is 93.3 Å². The van der Waals surface area contributed by atoms with Crippen LogP contribution in [0.4, 0.5) is 0 Å². The number of carbonyl (C=O) groups is 1. The van der Waals surface area contributed by atoms with E-state index in [1.165, 1.54) is 0 Å². The molecule has 0 saturated carbocycles. The van der Waals surface area contributed by atoms with E-state index in [0.717, 1.165) is 6.42 Å². The molecule has 0 bridgehead atoms. The smallest absolute Gasteiger partial charge is 0.230 e. The van der Waals surface area contributed by atoms with Crippen LogP contribution < -0.4 is 0 Å². The van der Waals surface area contributed by atoms with E-state index in [1.807, 2.05) is 11.1 Å². The number of hydrogen-bond donors (Lipinski definition) is 0. The molecule has 0 aromatic carbocycles. The second-order valence-corrected chi connectivity index (χ2v) is 6.42. The maximum atomic E-state index is 12.3. The zero-order valence-corrected chi connectivity index (χ0v) is 10.8. The quantitative estimate of drug-likeness (QED) is 0.600. The van der Waals surface area contributed by atoms with Crippen LogP contribution in [-0.2, 0) is 4.79 Å². The van der Waals surface area contributed by atoms with Gasteiger partial charge in [0.25, 0.3) is 0 Å². The molecule has 0 aliphatic carbocycles. The molecule has 86 valence electrons. The highest BCUT2D eigenvalue weighted by Gasteiger charge is 2.38. The Morgan fingerprint density at radius 3 is 2.13 bits per heavy atom. The molecule has 0 aromatic rings. The molecule has 1 aliphatic heterocycles. The predicted molar refractivity (Wildman–Crippen MR) is 63.3 cm³/mol. The first-order valence-electron chi connectivity index (χ1n) is 5.64. The highest BCUT2D eigenvalue weighted by Crippen LogP contribution is 2.35. The first kappa shape index (κ1) is 12.3. The second-order valence-electron chi connectivity index (χ2n) is 6.42. The van der Waals surface area contributed by atoms with Crippen molar-refractivity contribution in [1.82, 2.24) is 4.90 Å². The summed E-state index contributed by atoms with van der Waals surface area (Å²) in [6.45, 7) is 12.6. The predicted octanol–water partition coefficient (Wildman–Crippen LogP) is 3.19. The molecule has 1 atom stereocenters. The van der Waals surface area contributed by atoms with Crippen molar-refractivity contribution in [1.29, 1.82) is 0 Å². The van der Waals surface area contributed by atoms with E-state index in [0.29, 0.717) is 0 Å². The fraction of sp³-hybridized carbons (Fsp3) is 0.769. The van der Waals surface area contributed by atoms with Crippen LogP contribution in [0.15, 0.2) is 12.3 Å². The fourth-order valence-corrected chi connectivity index (χ4v) is 1.92. The minimum atomic E-state index is -0.114. The minimum absolute atomic E-state index is 0.0470. The molecular formula is C13H23NO. The molecule has 0 fully saturated rings. The van der Waals surface area contributed by atoms with Gasteiger partial charge in [0.1, 0.15) is 0 Å². The average Bonchev–Trinajstić information content (AvgIpc) is 1.99. The maximum Gasteiger partial charge on any atom is 0.230 e. The molecule has 15 heavy (non-hydrogen) atoms. The van der Waals surface area contributed by atoms with E-state index in [-0.39, 0.29) is 22.8 Å². The summed E-state index contributed by atoms with van der Waals surface area (Å²) in [6, 6.07) is 0. The van der Waals surface area contributed by atoms with Crippen LogP contribution in [0.5, 0.6) is 0 Å². The van der Waals surface area contributed by atoms with Crippen LogP contribution in [0, 0.1) is 11.3 Å². The lowest BCUT2D eigenvalue weighted by molar-refractivity contribution is -0.141. The van der Waals surface area contributed by atoms with Crippen LogP contribution in [0.3, 0.4) is 0 Å². The number of allylic oxidation sites excluding steroid dienone is 1. The molecule has 0 radical (unpaired) electrons. The van der Waals surface area contributed by atoms with E-state index in [2.05, 4.69) is 47.6 Å². The van der Waals surface area contributed by atoms with Crippen LogP contribution >= 0.6 is 0 Å². The van der Waals surface area contributed by atoms with Crippen molar-refractivity contribution >= 4 is 5.91 Å². The third-order valence-corrected chi connectivity index (χ3v) is 2.93. The highest BCUT2D eigenvalue weighted by molar-refractivity contribution is 5.82. The maximum absolute atomic E-state index is 12.3. The Hall–Kier alpha value is -0.790. The van der Waals surface area contributed by atoms with Gasteiger partial charge in [0, 0.05) is 17.7 Å². The molecule has 0 saturated heterocycles. The Morgan fingerprint density at radius 1 is 1.20 bits per heavy atom. The van der Waals surface area contributed by atoms with E-state index in [1.54, 1.807) is 0 Å². The van der Waals surface area contributed by atoms with Crippen molar-refractivity contribution in [2.45, 2.75) is 53.5 Å². The molecule has 1 unspecified atom stereocenters. The first-order chi connectivity index (χ1) is 6.64. The Kier molecular flexibility index (Phi) is 2.99. The second kappa shape index (κ2) is 3.66. The molecule has 0 spiro atoms. The van der Waals surface area contributed by atoms with Gasteiger partial charge in [-0.1, -0.05) is 26.8 Å². The van der Waals surface area contributed by atoms with E-state index in [9.17, 15) is 4.79 Å². The Morgan fingerprint density at radius 2 is 1.73 bits per heavy atom. The van der Waals surface area contributed by atoms with Gasteiger partial charge in [0.2, 0.25) is 5.91 Å². The molecular weight excluding hydrogens is 186 g/mol. The van der Waals surface area contributed by atoms with Gasteiger partial charge in [0.05, 0.1) is 0 Å². The Balaban J connectivity index is 2.95. The van der Waals surface area contributed by atoms with Crippen molar-refractivity contribution < 1.29 is 4.79 Å². The van der Waals surface area contributed by atoms with Crippen molar-refractivity contribution in [3.63, 3.8) is 0 Å². The molecule has 1 rings (SSSR count). The van der Waals surface area contributed by atoms with Crippen molar-refractivity contribution in [2.75, 3.05) is 0 Å². The van der Waals surface area contributed by atoms with Gasteiger partial charge in [-0.25, -0.2) is 0 Å². The summed E-state index contributed by atoms with van der Waals surface area (Å²) in [6.07, 6.45) is 4.92. The standard InChI is InChI=1S/C13H23NO/c1-12(2,3)10-8-7-9-14(11(10)15)13(4,5)6/h7,9-10H,8H2,1-6H3. The van der Waals surface area contributed by atoms with Gasteiger partial charge < -0.3 is 4.90 Å². The third kappa shape index (κ3) is 2.61. The number of carbonyl (C=O) groups excluding carboxylic acids is 1. The normalized spacial score (nSPS) is 23.5. The zero-order valence-electron chi connectivity index (χ0n) is 10.8. The molecule has 2 heteroatoms. The van der Waals surface area contributed by atoms with Crippen LogP contribution in [0.2, 0.25) is 0 Å².